The highest BCUT2D eigenvalue weighted by Crippen LogP contribution is 2.32. The van der Waals surface area contributed by atoms with Gasteiger partial charge in [-0.3, -0.25) is 10.1 Å². The molecule has 0 fully saturated rings. The van der Waals surface area contributed by atoms with E-state index in [4.69, 9.17) is 18.0 Å². The minimum absolute atomic E-state index is 0.00955. The van der Waals surface area contributed by atoms with E-state index in [1.165, 1.54) is 23.9 Å². The molecular weight excluding hydrogens is 294 g/mol. The highest BCUT2D eigenvalue weighted by molar-refractivity contribution is 7.99. The van der Waals surface area contributed by atoms with Crippen LogP contribution in [0.15, 0.2) is 58.3 Å². The predicted molar refractivity (Wildman–Crippen MR) is 84.1 cm³/mol. The topological polar surface area (TPSA) is 81.2 Å². The number of non-ortho nitro benzene ring substituents is 1. The largest absolute Gasteiger partial charge is 0.376 e. The fraction of sp³-hybridized carbons (Fsp3) is 0. The fourth-order valence-electron chi connectivity index (χ4n) is 1.59. The van der Waals surface area contributed by atoms with Crippen molar-refractivity contribution in [2.24, 2.45) is 5.73 Å². The summed E-state index contributed by atoms with van der Waals surface area (Å²) in [6.07, 6.45) is 0. The minimum atomic E-state index is -0.445. The van der Waals surface area contributed by atoms with Crippen LogP contribution in [0.25, 0.3) is 0 Å². The zero-order valence-corrected chi connectivity index (χ0v) is 11.9. The van der Waals surface area contributed by atoms with E-state index in [0.29, 0.717) is 5.69 Å². The summed E-state index contributed by atoms with van der Waals surface area (Å²) in [5.41, 5.74) is 5.89. The van der Waals surface area contributed by atoms with Crippen LogP contribution < -0.4 is 11.1 Å². The SMILES string of the molecule is NC(=S)Nc1cc(Sc2ccccc2)cc([N+](=O)[O-])c1. The second kappa shape index (κ2) is 6.36. The summed E-state index contributed by atoms with van der Waals surface area (Å²) in [5, 5.41) is 13.7. The summed E-state index contributed by atoms with van der Waals surface area (Å²) in [5.74, 6) is 0. The first-order valence-electron chi connectivity index (χ1n) is 5.63. The van der Waals surface area contributed by atoms with Gasteiger partial charge in [-0.15, -0.1) is 0 Å². The Balaban J connectivity index is 2.34. The molecule has 2 rings (SSSR count). The van der Waals surface area contributed by atoms with Crippen LogP contribution in [0.3, 0.4) is 0 Å². The van der Waals surface area contributed by atoms with Gasteiger partial charge in [-0.05, 0) is 30.4 Å². The molecule has 0 aromatic heterocycles. The van der Waals surface area contributed by atoms with Gasteiger partial charge in [-0.2, -0.15) is 0 Å². The van der Waals surface area contributed by atoms with Crippen molar-refractivity contribution in [2.45, 2.75) is 9.79 Å². The standard InChI is InChI=1S/C13H11N3O2S2/c14-13(19)15-9-6-10(16(17)18)8-12(7-9)20-11-4-2-1-3-5-11/h1-8H,(H3,14,15,19). The minimum Gasteiger partial charge on any atom is -0.376 e. The first kappa shape index (κ1) is 14.3. The van der Waals surface area contributed by atoms with E-state index in [9.17, 15) is 10.1 Å². The Morgan fingerprint density at radius 3 is 2.50 bits per heavy atom. The molecule has 2 aromatic rings. The Bertz CT molecular complexity index is 647. The van der Waals surface area contributed by atoms with Crippen LogP contribution in [0, 0.1) is 10.1 Å². The van der Waals surface area contributed by atoms with Crippen molar-refractivity contribution in [3.63, 3.8) is 0 Å². The molecule has 0 aliphatic rings. The number of hydrogen-bond donors (Lipinski definition) is 2. The third-order valence-electron chi connectivity index (χ3n) is 2.35. The van der Waals surface area contributed by atoms with Crippen molar-refractivity contribution in [1.29, 1.82) is 0 Å². The Morgan fingerprint density at radius 1 is 1.20 bits per heavy atom. The Hall–Kier alpha value is -2.12. The maximum Gasteiger partial charge on any atom is 0.272 e. The zero-order valence-electron chi connectivity index (χ0n) is 10.3. The van der Waals surface area contributed by atoms with Crippen LogP contribution in [0.1, 0.15) is 0 Å². The van der Waals surface area contributed by atoms with Crippen LogP contribution in [-0.2, 0) is 0 Å². The molecule has 3 N–H and O–H groups in total. The fourth-order valence-corrected chi connectivity index (χ4v) is 2.64. The van der Waals surface area contributed by atoms with Crippen LogP contribution >= 0.6 is 24.0 Å². The Labute approximate surface area is 125 Å². The highest BCUT2D eigenvalue weighted by Gasteiger charge is 2.11. The average molecular weight is 305 g/mol. The molecule has 0 spiro atoms. The van der Waals surface area contributed by atoms with Crippen molar-refractivity contribution in [3.05, 3.63) is 58.6 Å². The van der Waals surface area contributed by atoms with E-state index in [-0.39, 0.29) is 10.8 Å². The molecule has 2 aromatic carbocycles. The van der Waals surface area contributed by atoms with Gasteiger partial charge in [0, 0.05) is 27.6 Å². The number of anilines is 1. The van der Waals surface area contributed by atoms with E-state index in [0.717, 1.165) is 9.79 Å². The Kier molecular flexibility index (Phi) is 4.54. The van der Waals surface area contributed by atoms with E-state index >= 15 is 0 Å². The smallest absolute Gasteiger partial charge is 0.272 e. The second-order valence-corrected chi connectivity index (χ2v) is 5.46. The molecule has 0 heterocycles. The van der Waals surface area contributed by atoms with Gasteiger partial charge in [0.1, 0.15) is 0 Å². The predicted octanol–water partition coefficient (Wildman–Crippen LogP) is 3.40. The van der Waals surface area contributed by atoms with Crippen molar-refractivity contribution in [2.75, 3.05) is 5.32 Å². The first-order valence-corrected chi connectivity index (χ1v) is 6.86. The van der Waals surface area contributed by atoms with E-state index < -0.39 is 4.92 Å². The number of nitrogens with one attached hydrogen (secondary N) is 1. The molecule has 0 aliphatic heterocycles. The molecule has 0 radical (unpaired) electrons. The van der Waals surface area contributed by atoms with Crippen molar-refractivity contribution >= 4 is 40.5 Å². The lowest BCUT2D eigenvalue weighted by Gasteiger charge is -2.07. The number of thiocarbonyl (C=S) groups is 1. The second-order valence-electron chi connectivity index (χ2n) is 3.88. The van der Waals surface area contributed by atoms with Gasteiger partial charge in [0.25, 0.3) is 5.69 Å². The van der Waals surface area contributed by atoms with Crippen LogP contribution in [0.2, 0.25) is 0 Å². The summed E-state index contributed by atoms with van der Waals surface area (Å²) in [7, 11) is 0. The maximum atomic E-state index is 10.9. The molecule has 0 saturated heterocycles. The van der Waals surface area contributed by atoms with Crippen molar-refractivity contribution in [3.8, 4) is 0 Å². The van der Waals surface area contributed by atoms with E-state index in [1.807, 2.05) is 30.3 Å². The number of rotatable bonds is 4. The quantitative estimate of drug-likeness (QED) is 0.512. The maximum absolute atomic E-state index is 10.9. The van der Waals surface area contributed by atoms with Crippen LogP contribution in [0.5, 0.6) is 0 Å². The summed E-state index contributed by atoms with van der Waals surface area (Å²) in [6, 6.07) is 14.3. The number of nitro groups is 1. The third kappa shape index (κ3) is 3.94. The van der Waals surface area contributed by atoms with Gasteiger partial charge in [-0.25, -0.2) is 0 Å². The number of hydrogen-bond acceptors (Lipinski definition) is 4. The van der Waals surface area contributed by atoms with Gasteiger partial charge in [0.15, 0.2) is 5.11 Å². The normalized spacial score (nSPS) is 10.0. The van der Waals surface area contributed by atoms with E-state index in [2.05, 4.69) is 5.32 Å². The van der Waals surface area contributed by atoms with Crippen molar-refractivity contribution in [1.82, 2.24) is 0 Å². The lowest BCUT2D eigenvalue weighted by molar-refractivity contribution is -0.385. The molecule has 20 heavy (non-hydrogen) atoms. The number of nitrogens with zero attached hydrogens (tertiary/aromatic N) is 1. The lowest BCUT2D eigenvalue weighted by Crippen LogP contribution is -2.18. The third-order valence-corrected chi connectivity index (χ3v) is 3.43. The number of nitrogens with two attached hydrogens (primary N) is 1. The Morgan fingerprint density at radius 2 is 1.90 bits per heavy atom. The molecule has 0 saturated carbocycles. The number of benzene rings is 2. The molecule has 0 atom stereocenters. The lowest BCUT2D eigenvalue weighted by atomic mass is 10.3. The van der Waals surface area contributed by atoms with Gasteiger partial charge in [-0.1, -0.05) is 30.0 Å². The van der Waals surface area contributed by atoms with Crippen molar-refractivity contribution < 1.29 is 4.92 Å². The van der Waals surface area contributed by atoms with Gasteiger partial charge in [0.2, 0.25) is 0 Å². The molecule has 5 nitrogen and oxygen atoms in total. The highest BCUT2D eigenvalue weighted by atomic mass is 32.2. The summed E-state index contributed by atoms with van der Waals surface area (Å²) in [4.78, 5) is 12.2. The van der Waals surface area contributed by atoms with Crippen LogP contribution in [0.4, 0.5) is 11.4 Å². The number of nitro benzene ring substituents is 1. The monoisotopic (exact) mass is 305 g/mol. The molecular formula is C13H11N3O2S2. The van der Waals surface area contributed by atoms with Gasteiger partial charge >= 0.3 is 0 Å². The molecule has 0 unspecified atom stereocenters. The van der Waals surface area contributed by atoms with Crippen LogP contribution in [-0.4, -0.2) is 10.0 Å². The first-order chi connectivity index (χ1) is 9.54. The zero-order chi connectivity index (χ0) is 14.5. The van der Waals surface area contributed by atoms with Gasteiger partial charge in [0.05, 0.1) is 4.92 Å². The summed E-state index contributed by atoms with van der Waals surface area (Å²) < 4.78 is 0. The van der Waals surface area contributed by atoms with Gasteiger partial charge < -0.3 is 11.1 Å². The molecule has 0 bridgehead atoms. The summed E-state index contributed by atoms with van der Waals surface area (Å²) >= 11 is 6.18. The average Bonchev–Trinajstić information content (AvgIpc) is 2.38. The molecule has 0 amide bonds. The van der Waals surface area contributed by atoms with E-state index in [1.54, 1.807) is 6.07 Å². The molecule has 102 valence electrons. The molecule has 0 aliphatic carbocycles. The molecule has 7 heteroatoms. The summed E-state index contributed by atoms with van der Waals surface area (Å²) in [6.45, 7) is 0.